The summed E-state index contributed by atoms with van der Waals surface area (Å²) in [4.78, 5) is 9.34. The van der Waals surface area contributed by atoms with Gasteiger partial charge in [0.15, 0.2) is 0 Å². The van der Waals surface area contributed by atoms with Crippen LogP contribution in [-0.4, -0.2) is 17.1 Å². The number of hydrogen-bond donors (Lipinski definition) is 2. The Kier molecular flexibility index (Phi) is 5.49. The number of rotatable bonds is 6. The normalized spacial score (nSPS) is 10.6. The Morgan fingerprint density at radius 1 is 0.808 bits per heavy atom. The molecule has 134 valence electrons. The van der Waals surface area contributed by atoms with E-state index in [0.29, 0.717) is 12.6 Å². The third-order valence-corrected chi connectivity index (χ3v) is 4.32. The fourth-order valence-electron chi connectivity index (χ4n) is 2.69. The molecular weight excluding hydrogens is 324 g/mol. The summed E-state index contributed by atoms with van der Waals surface area (Å²) in [7, 11) is 1.67. The molecule has 0 saturated heterocycles. The predicted octanol–water partition coefficient (Wildman–Crippen LogP) is 5.04. The maximum atomic E-state index is 5.32. The average molecular weight is 348 g/mol. The molecule has 0 aliphatic carbocycles. The molecule has 0 spiro atoms. The van der Waals surface area contributed by atoms with Crippen molar-refractivity contribution in [1.82, 2.24) is 9.97 Å². The second kappa shape index (κ2) is 7.97. The number of aryl methyl sites for hydroxylation is 2. The molecule has 1 heterocycles. The fraction of sp³-hybridized carbons (Fsp3) is 0.238. The van der Waals surface area contributed by atoms with Gasteiger partial charge < -0.3 is 15.4 Å². The monoisotopic (exact) mass is 348 g/mol. The van der Waals surface area contributed by atoms with Crippen molar-refractivity contribution >= 4 is 23.1 Å². The minimum absolute atomic E-state index is 0.430. The third kappa shape index (κ3) is 4.00. The maximum absolute atomic E-state index is 5.32. The van der Waals surface area contributed by atoms with Crippen LogP contribution in [0.1, 0.15) is 22.4 Å². The van der Waals surface area contributed by atoms with E-state index in [9.17, 15) is 0 Å². The lowest BCUT2D eigenvalue weighted by Gasteiger charge is -2.16. The highest BCUT2D eigenvalue weighted by Crippen LogP contribution is 2.26. The van der Waals surface area contributed by atoms with Crippen LogP contribution in [0.25, 0.3) is 0 Å². The molecule has 0 fully saturated rings. The minimum Gasteiger partial charge on any atom is -0.378 e. The molecule has 0 radical (unpaired) electrons. The lowest BCUT2D eigenvalue weighted by atomic mass is 10.2. The van der Waals surface area contributed by atoms with Gasteiger partial charge in [0.25, 0.3) is 0 Å². The lowest BCUT2D eigenvalue weighted by molar-refractivity contribution is 0.181. The second-order valence-corrected chi connectivity index (χ2v) is 6.28. The highest BCUT2D eigenvalue weighted by atomic mass is 16.5. The molecule has 26 heavy (non-hydrogen) atoms. The van der Waals surface area contributed by atoms with E-state index in [1.54, 1.807) is 7.11 Å². The van der Waals surface area contributed by atoms with E-state index in [1.165, 1.54) is 0 Å². The maximum Gasteiger partial charge on any atom is 0.229 e. The van der Waals surface area contributed by atoms with Gasteiger partial charge in [-0.3, -0.25) is 0 Å². The summed E-state index contributed by atoms with van der Waals surface area (Å²) in [5.41, 5.74) is 6.15. The molecule has 0 saturated carbocycles. The van der Waals surface area contributed by atoms with Crippen LogP contribution in [0.3, 0.4) is 0 Å². The minimum atomic E-state index is 0.430. The van der Waals surface area contributed by atoms with Gasteiger partial charge in [-0.05, 0) is 44.0 Å². The first-order valence-corrected chi connectivity index (χ1v) is 8.60. The van der Waals surface area contributed by atoms with E-state index in [1.807, 2.05) is 43.3 Å². The van der Waals surface area contributed by atoms with Crippen molar-refractivity contribution in [3.8, 4) is 0 Å². The summed E-state index contributed by atoms with van der Waals surface area (Å²) >= 11 is 0. The number of hydrogen-bond acceptors (Lipinski definition) is 5. The van der Waals surface area contributed by atoms with Crippen molar-refractivity contribution in [3.63, 3.8) is 0 Å². The van der Waals surface area contributed by atoms with E-state index >= 15 is 0 Å². The summed E-state index contributed by atoms with van der Waals surface area (Å²) < 4.78 is 5.32. The van der Waals surface area contributed by atoms with Crippen LogP contribution in [0.4, 0.5) is 23.1 Å². The van der Waals surface area contributed by atoms with Gasteiger partial charge in [0.05, 0.1) is 12.3 Å². The number of aromatic nitrogens is 2. The molecule has 0 aliphatic rings. The Bertz CT molecular complexity index is 908. The summed E-state index contributed by atoms with van der Waals surface area (Å²) in [6.45, 7) is 6.56. The highest BCUT2D eigenvalue weighted by Gasteiger charge is 2.13. The van der Waals surface area contributed by atoms with Gasteiger partial charge in [0.1, 0.15) is 5.82 Å². The second-order valence-electron chi connectivity index (χ2n) is 6.28. The van der Waals surface area contributed by atoms with E-state index < -0.39 is 0 Å². The number of ether oxygens (including phenoxy) is 1. The van der Waals surface area contributed by atoms with Crippen LogP contribution in [0.15, 0.2) is 48.5 Å². The van der Waals surface area contributed by atoms with E-state index in [2.05, 4.69) is 41.6 Å². The number of anilines is 4. The number of nitrogens with zero attached hydrogens (tertiary/aromatic N) is 2. The summed E-state index contributed by atoms with van der Waals surface area (Å²) in [5, 5.41) is 6.75. The largest absolute Gasteiger partial charge is 0.378 e. The molecule has 0 bridgehead atoms. The number of methoxy groups -OCH3 is 1. The molecule has 3 aromatic rings. The van der Waals surface area contributed by atoms with Crippen LogP contribution >= 0.6 is 0 Å². The Labute approximate surface area is 154 Å². The third-order valence-electron chi connectivity index (χ3n) is 4.32. The first kappa shape index (κ1) is 17.9. The fourth-order valence-corrected chi connectivity index (χ4v) is 2.69. The Morgan fingerprint density at radius 2 is 1.38 bits per heavy atom. The topological polar surface area (TPSA) is 59.1 Å². The average Bonchev–Trinajstić information content (AvgIpc) is 2.63. The van der Waals surface area contributed by atoms with Gasteiger partial charge in [-0.25, -0.2) is 4.98 Å². The molecule has 5 heteroatoms. The smallest absolute Gasteiger partial charge is 0.229 e. The first-order chi connectivity index (χ1) is 12.6. The van der Waals surface area contributed by atoms with E-state index in [-0.39, 0.29) is 0 Å². The highest BCUT2D eigenvalue weighted by molar-refractivity contribution is 5.66. The van der Waals surface area contributed by atoms with Crippen molar-refractivity contribution in [2.45, 2.75) is 27.4 Å². The Hall–Kier alpha value is -2.92. The van der Waals surface area contributed by atoms with Crippen molar-refractivity contribution in [2.24, 2.45) is 0 Å². The molecule has 1 aromatic heterocycles. The van der Waals surface area contributed by atoms with E-state index in [0.717, 1.165) is 39.6 Å². The quantitative estimate of drug-likeness (QED) is 0.654. The van der Waals surface area contributed by atoms with Crippen LogP contribution in [-0.2, 0) is 11.3 Å². The zero-order chi connectivity index (χ0) is 18.5. The molecule has 2 aromatic carbocycles. The van der Waals surface area contributed by atoms with E-state index in [4.69, 9.17) is 9.72 Å². The summed E-state index contributed by atoms with van der Waals surface area (Å²) in [6, 6.07) is 16.2. The molecule has 0 atom stereocenters. The lowest BCUT2D eigenvalue weighted by Crippen LogP contribution is -2.08. The number of nitrogens with one attached hydrogen (secondary N) is 2. The number of benzene rings is 2. The van der Waals surface area contributed by atoms with Crippen LogP contribution < -0.4 is 10.6 Å². The Balaban J connectivity index is 1.99. The van der Waals surface area contributed by atoms with Crippen LogP contribution in [0.5, 0.6) is 0 Å². The summed E-state index contributed by atoms with van der Waals surface area (Å²) in [5.74, 6) is 1.32. The van der Waals surface area contributed by atoms with Crippen LogP contribution in [0, 0.1) is 20.8 Å². The van der Waals surface area contributed by atoms with Crippen molar-refractivity contribution in [1.29, 1.82) is 0 Å². The van der Waals surface area contributed by atoms with Crippen molar-refractivity contribution < 1.29 is 4.74 Å². The molecule has 2 N–H and O–H groups in total. The van der Waals surface area contributed by atoms with Gasteiger partial charge in [-0.2, -0.15) is 4.98 Å². The zero-order valence-corrected chi connectivity index (χ0v) is 15.6. The van der Waals surface area contributed by atoms with Gasteiger partial charge in [-0.1, -0.05) is 36.4 Å². The van der Waals surface area contributed by atoms with Gasteiger partial charge >= 0.3 is 0 Å². The molecule has 0 amide bonds. The summed E-state index contributed by atoms with van der Waals surface area (Å²) in [6.07, 6.45) is 0. The number of para-hydroxylation sites is 2. The SMILES string of the molecule is COCc1nc(Nc2ccccc2C)nc(Nc2ccccc2C)c1C. The van der Waals surface area contributed by atoms with Gasteiger partial charge in [-0.15, -0.1) is 0 Å². The van der Waals surface area contributed by atoms with Crippen LogP contribution in [0.2, 0.25) is 0 Å². The molecule has 0 aliphatic heterocycles. The molecule has 3 rings (SSSR count). The molecule has 5 nitrogen and oxygen atoms in total. The Morgan fingerprint density at radius 3 is 1.96 bits per heavy atom. The molecule has 0 unspecified atom stereocenters. The standard InChI is InChI=1S/C21H24N4O/c1-14-9-5-7-11-17(14)22-20-16(3)19(13-26-4)24-21(25-20)23-18-12-8-6-10-15(18)2/h5-12H,13H2,1-4H3,(H2,22,23,24,25). The van der Waals surface area contributed by atoms with Gasteiger partial charge in [0.2, 0.25) is 5.95 Å². The predicted molar refractivity (Wildman–Crippen MR) is 106 cm³/mol. The zero-order valence-electron chi connectivity index (χ0n) is 15.6. The van der Waals surface area contributed by atoms with Crippen molar-refractivity contribution in [2.75, 3.05) is 17.7 Å². The van der Waals surface area contributed by atoms with Crippen molar-refractivity contribution in [3.05, 3.63) is 70.9 Å². The first-order valence-electron chi connectivity index (χ1n) is 8.60. The molecular formula is C21H24N4O. The van der Waals surface area contributed by atoms with Gasteiger partial charge in [0, 0.05) is 24.0 Å².